The third kappa shape index (κ3) is 4.61. The van der Waals surface area contributed by atoms with Crippen LogP contribution in [0.4, 0.5) is 0 Å². The lowest BCUT2D eigenvalue weighted by atomic mass is 9.95. The fraction of sp³-hybridized carbons (Fsp3) is 0.909. The number of unbranched alkanes of at least 4 members (excludes halogenated alkanes) is 1. The second kappa shape index (κ2) is 6.02. The highest BCUT2D eigenvalue weighted by Gasteiger charge is 2.16. The highest BCUT2D eigenvalue weighted by atomic mass is 16.4. The Morgan fingerprint density at radius 3 is 2.86 bits per heavy atom. The topological polar surface area (TPSA) is 49.3 Å². The molecule has 3 heteroatoms. The molecule has 2 N–H and O–H groups in total. The van der Waals surface area contributed by atoms with Crippen molar-refractivity contribution in [1.82, 2.24) is 5.32 Å². The normalized spacial score (nSPS) is 27.5. The van der Waals surface area contributed by atoms with Gasteiger partial charge in [-0.25, -0.2) is 0 Å². The Bertz CT molecular complexity index is 182. The summed E-state index contributed by atoms with van der Waals surface area (Å²) in [6.45, 7) is 2.23. The molecule has 2 atom stereocenters. The molecule has 1 rings (SSSR count). The first kappa shape index (κ1) is 11.5. The molecular formula is C11H21NO2. The molecule has 1 aliphatic rings. The van der Waals surface area contributed by atoms with E-state index in [4.69, 9.17) is 5.11 Å². The van der Waals surface area contributed by atoms with Crippen LogP contribution in [0.15, 0.2) is 0 Å². The summed E-state index contributed by atoms with van der Waals surface area (Å²) in [6, 6.07) is 1.28. The third-order valence-corrected chi connectivity index (χ3v) is 2.90. The van der Waals surface area contributed by atoms with E-state index in [1.54, 1.807) is 0 Å². The largest absolute Gasteiger partial charge is 0.481 e. The quantitative estimate of drug-likeness (QED) is 0.667. The van der Waals surface area contributed by atoms with Gasteiger partial charge in [0, 0.05) is 18.5 Å². The van der Waals surface area contributed by atoms with Gasteiger partial charge in [-0.1, -0.05) is 12.8 Å². The number of hydrogen-bond donors (Lipinski definition) is 2. The number of aliphatic carboxylic acids is 1. The molecule has 3 nitrogen and oxygen atoms in total. The Labute approximate surface area is 85.9 Å². The van der Waals surface area contributed by atoms with E-state index >= 15 is 0 Å². The van der Waals surface area contributed by atoms with Crippen molar-refractivity contribution in [3.05, 3.63) is 0 Å². The summed E-state index contributed by atoms with van der Waals surface area (Å²) in [7, 11) is 0. The van der Waals surface area contributed by atoms with Crippen LogP contribution in [0.5, 0.6) is 0 Å². The van der Waals surface area contributed by atoms with Crippen molar-refractivity contribution in [2.75, 3.05) is 0 Å². The molecule has 1 fully saturated rings. The summed E-state index contributed by atoms with van der Waals surface area (Å²) in [6.07, 6.45) is 7.18. The first-order valence-corrected chi connectivity index (χ1v) is 5.66. The number of nitrogens with one attached hydrogen (secondary N) is 1. The maximum atomic E-state index is 10.3. The van der Waals surface area contributed by atoms with E-state index < -0.39 is 5.97 Å². The van der Waals surface area contributed by atoms with Crippen molar-refractivity contribution in [2.24, 2.45) is 0 Å². The second-order valence-corrected chi connectivity index (χ2v) is 4.34. The molecule has 82 valence electrons. The standard InChI is InChI=1S/C11H21NO2/c1-9-5-4-7-10(12-9)6-2-3-8-11(13)14/h9-10,12H,2-8H2,1H3,(H,13,14). The molecule has 14 heavy (non-hydrogen) atoms. The number of hydrogen-bond acceptors (Lipinski definition) is 2. The van der Waals surface area contributed by atoms with Crippen LogP contribution in [0.1, 0.15) is 51.9 Å². The minimum absolute atomic E-state index is 0.322. The number of carbonyl (C=O) groups is 1. The Kier molecular flexibility index (Phi) is 4.94. The van der Waals surface area contributed by atoms with Crippen LogP contribution in [0, 0.1) is 0 Å². The molecule has 1 saturated heterocycles. The maximum Gasteiger partial charge on any atom is 0.303 e. The van der Waals surface area contributed by atoms with Gasteiger partial charge in [0.1, 0.15) is 0 Å². The van der Waals surface area contributed by atoms with E-state index in [9.17, 15) is 4.79 Å². The monoisotopic (exact) mass is 199 g/mol. The summed E-state index contributed by atoms with van der Waals surface area (Å²) < 4.78 is 0. The zero-order valence-corrected chi connectivity index (χ0v) is 8.96. The maximum absolute atomic E-state index is 10.3. The third-order valence-electron chi connectivity index (χ3n) is 2.90. The van der Waals surface area contributed by atoms with Crippen LogP contribution in [-0.2, 0) is 4.79 Å². The first-order chi connectivity index (χ1) is 6.68. The number of carboxylic acid groups (broad SMARTS) is 1. The van der Waals surface area contributed by atoms with Gasteiger partial charge in [0.25, 0.3) is 0 Å². The average molecular weight is 199 g/mol. The van der Waals surface area contributed by atoms with Crippen molar-refractivity contribution >= 4 is 5.97 Å². The predicted molar refractivity (Wildman–Crippen MR) is 56.3 cm³/mol. The van der Waals surface area contributed by atoms with Crippen LogP contribution in [-0.4, -0.2) is 23.2 Å². The van der Waals surface area contributed by atoms with Gasteiger partial charge in [-0.15, -0.1) is 0 Å². The smallest absolute Gasteiger partial charge is 0.303 e. The molecule has 0 amide bonds. The summed E-state index contributed by atoms with van der Waals surface area (Å²) in [5.74, 6) is -0.671. The van der Waals surface area contributed by atoms with E-state index in [2.05, 4.69) is 12.2 Å². The van der Waals surface area contributed by atoms with E-state index in [1.165, 1.54) is 19.3 Å². The van der Waals surface area contributed by atoms with Crippen molar-refractivity contribution in [1.29, 1.82) is 0 Å². The molecule has 0 aromatic heterocycles. The Morgan fingerprint density at radius 2 is 2.21 bits per heavy atom. The van der Waals surface area contributed by atoms with Gasteiger partial charge in [0.2, 0.25) is 0 Å². The second-order valence-electron chi connectivity index (χ2n) is 4.34. The molecule has 0 aliphatic carbocycles. The van der Waals surface area contributed by atoms with E-state index in [-0.39, 0.29) is 0 Å². The van der Waals surface area contributed by atoms with E-state index in [1.807, 2.05) is 0 Å². The zero-order valence-electron chi connectivity index (χ0n) is 8.96. The van der Waals surface area contributed by atoms with E-state index in [0.29, 0.717) is 18.5 Å². The fourth-order valence-corrected chi connectivity index (χ4v) is 2.13. The molecule has 1 aliphatic heterocycles. The van der Waals surface area contributed by atoms with Crippen molar-refractivity contribution in [2.45, 2.75) is 64.0 Å². The summed E-state index contributed by atoms with van der Waals surface area (Å²) >= 11 is 0. The van der Waals surface area contributed by atoms with Crippen LogP contribution >= 0.6 is 0 Å². The highest BCUT2D eigenvalue weighted by Crippen LogP contribution is 2.16. The Morgan fingerprint density at radius 1 is 1.43 bits per heavy atom. The molecular weight excluding hydrogens is 178 g/mol. The molecule has 0 aromatic rings. The molecule has 1 heterocycles. The Balaban J connectivity index is 2.03. The predicted octanol–water partition coefficient (Wildman–Crippen LogP) is 2.16. The number of piperidine rings is 1. The van der Waals surface area contributed by atoms with Gasteiger partial charge in [-0.05, 0) is 32.6 Å². The summed E-state index contributed by atoms with van der Waals surface area (Å²) in [5.41, 5.74) is 0. The molecule has 0 saturated carbocycles. The van der Waals surface area contributed by atoms with Crippen LogP contribution in [0.2, 0.25) is 0 Å². The van der Waals surface area contributed by atoms with Gasteiger partial charge in [-0.2, -0.15) is 0 Å². The molecule has 2 unspecified atom stereocenters. The van der Waals surface area contributed by atoms with Gasteiger partial charge >= 0.3 is 5.97 Å². The van der Waals surface area contributed by atoms with Crippen LogP contribution in [0.3, 0.4) is 0 Å². The van der Waals surface area contributed by atoms with Crippen molar-refractivity contribution in [3.8, 4) is 0 Å². The lowest BCUT2D eigenvalue weighted by Crippen LogP contribution is -2.40. The van der Waals surface area contributed by atoms with Crippen molar-refractivity contribution in [3.63, 3.8) is 0 Å². The molecule has 0 radical (unpaired) electrons. The summed E-state index contributed by atoms with van der Waals surface area (Å²) in [5, 5.41) is 12.0. The van der Waals surface area contributed by atoms with E-state index in [0.717, 1.165) is 19.3 Å². The molecule has 0 bridgehead atoms. The molecule has 0 spiro atoms. The lowest BCUT2D eigenvalue weighted by Gasteiger charge is -2.28. The molecule has 0 aromatic carbocycles. The summed E-state index contributed by atoms with van der Waals surface area (Å²) in [4.78, 5) is 10.3. The number of carboxylic acids is 1. The lowest BCUT2D eigenvalue weighted by molar-refractivity contribution is -0.137. The van der Waals surface area contributed by atoms with Gasteiger partial charge in [0.05, 0.1) is 0 Å². The first-order valence-electron chi connectivity index (χ1n) is 5.66. The number of rotatable bonds is 5. The van der Waals surface area contributed by atoms with Crippen LogP contribution < -0.4 is 5.32 Å². The van der Waals surface area contributed by atoms with Gasteiger partial charge < -0.3 is 10.4 Å². The minimum Gasteiger partial charge on any atom is -0.481 e. The Hall–Kier alpha value is -0.570. The van der Waals surface area contributed by atoms with Crippen molar-refractivity contribution < 1.29 is 9.90 Å². The average Bonchev–Trinajstić information content (AvgIpc) is 2.12. The highest BCUT2D eigenvalue weighted by molar-refractivity contribution is 5.66. The SMILES string of the molecule is CC1CCCC(CCCCC(=O)O)N1. The van der Waals surface area contributed by atoms with Crippen LogP contribution in [0.25, 0.3) is 0 Å². The minimum atomic E-state index is -0.671. The fourth-order valence-electron chi connectivity index (χ4n) is 2.13. The van der Waals surface area contributed by atoms with Gasteiger partial charge in [0.15, 0.2) is 0 Å². The zero-order chi connectivity index (χ0) is 10.4. The van der Waals surface area contributed by atoms with Gasteiger partial charge in [-0.3, -0.25) is 4.79 Å².